The third-order valence-corrected chi connectivity index (χ3v) is 3.67. The summed E-state index contributed by atoms with van der Waals surface area (Å²) in [6.07, 6.45) is 2.00. The van der Waals surface area contributed by atoms with Crippen LogP contribution in [0.2, 0.25) is 0 Å². The van der Waals surface area contributed by atoms with Crippen molar-refractivity contribution in [3.05, 3.63) is 28.8 Å². The summed E-state index contributed by atoms with van der Waals surface area (Å²) in [5.74, 6) is 0.977. The van der Waals surface area contributed by atoms with Crippen molar-refractivity contribution in [2.75, 3.05) is 7.11 Å². The van der Waals surface area contributed by atoms with Gasteiger partial charge in [-0.25, -0.2) is 0 Å². The molecule has 16 heavy (non-hydrogen) atoms. The molecule has 1 fully saturated rings. The summed E-state index contributed by atoms with van der Waals surface area (Å²) in [5.41, 5.74) is 2.84. The minimum Gasteiger partial charge on any atom is -0.496 e. The van der Waals surface area contributed by atoms with Gasteiger partial charge in [0.25, 0.3) is 0 Å². The fraction of sp³-hybridized carbons (Fsp3) is 0.500. The Morgan fingerprint density at radius 3 is 2.44 bits per heavy atom. The van der Waals surface area contributed by atoms with Crippen molar-refractivity contribution in [1.82, 2.24) is 0 Å². The van der Waals surface area contributed by atoms with Crippen molar-refractivity contribution in [3.8, 4) is 5.75 Å². The molecule has 1 saturated carbocycles. The number of hydrogen-bond donors (Lipinski definition) is 0. The maximum absolute atomic E-state index is 12.3. The Morgan fingerprint density at radius 1 is 1.31 bits per heavy atom. The number of rotatable bonds is 3. The van der Waals surface area contributed by atoms with Crippen molar-refractivity contribution >= 4 is 5.78 Å². The molecule has 0 saturated heterocycles. The SMILES string of the molecule is COc1c(C(=O)C2(C)CC2)ccc(C)c1C. The molecule has 1 aliphatic carbocycles. The van der Waals surface area contributed by atoms with Crippen LogP contribution in [-0.4, -0.2) is 12.9 Å². The van der Waals surface area contributed by atoms with Crippen molar-refractivity contribution in [2.24, 2.45) is 5.41 Å². The number of methoxy groups -OCH3 is 1. The standard InChI is InChI=1S/C14H18O2/c1-9-5-6-11(12(16-4)10(9)2)13(15)14(3)7-8-14/h5-6H,7-8H2,1-4H3. The summed E-state index contributed by atoms with van der Waals surface area (Å²) >= 11 is 0. The smallest absolute Gasteiger partial charge is 0.172 e. The van der Waals surface area contributed by atoms with E-state index in [1.54, 1.807) is 7.11 Å². The summed E-state index contributed by atoms with van der Waals surface area (Å²) in [5, 5.41) is 0. The van der Waals surface area contributed by atoms with Gasteiger partial charge in [0.05, 0.1) is 12.7 Å². The molecule has 1 aliphatic rings. The van der Waals surface area contributed by atoms with E-state index < -0.39 is 0 Å². The molecule has 0 unspecified atom stereocenters. The second-order valence-corrected chi connectivity index (χ2v) is 4.98. The van der Waals surface area contributed by atoms with Crippen LogP contribution in [-0.2, 0) is 0 Å². The van der Waals surface area contributed by atoms with E-state index in [4.69, 9.17) is 4.74 Å². The van der Waals surface area contributed by atoms with Crippen LogP contribution in [0.25, 0.3) is 0 Å². The van der Waals surface area contributed by atoms with Crippen LogP contribution in [0, 0.1) is 19.3 Å². The second-order valence-electron chi connectivity index (χ2n) is 4.98. The average Bonchev–Trinajstić information content (AvgIpc) is 3.00. The summed E-state index contributed by atoms with van der Waals surface area (Å²) in [7, 11) is 1.63. The van der Waals surface area contributed by atoms with Gasteiger partial charge >= 0.3 is 0 Å². The Balaban J connectivity index is 2.48. The number of ketones is 1. The number of aryl methyl sites for hydroxylation is 1. The molecule has 86 valence electrons. The lowest BCUT2D eigenvalue weighted by atomic mass is 9.93. The molecule has 0 aliphatic heterocycles. The van der Waals surface area contributed by atoms with E-state index in [1.165, 1.54) is 0 Å². The predicted molar refractivity (Wildman–Crippen MR) is 64.1 cm³/mol. The zero-order chi connectivity index (χ0) is 11.9. The van der Waals surface area contributed by atoms with E-state index >= 15 is 0 Å². The van der Waals surface area contributed by atoms with Gasteiger partial charge in [-0.15, -0.1) is 0 Å². The minimum atomic E-state index is -0.130. The largest absolute Gasteiger partial charge is 0.496 e. The zero-order valence-electron chi connectivity index (χ0n) is 10.4. The van der Waals surface area contributed by atoms with E-state index in [1.807, 2.05) is 32.9 Å². The van der Waals surface area contributed by atoms with Crippen molar-refractivity contribution < 1.29 is 9.53 Å². The highest BCUT2D eigenvalue weighted by atomic mass is 16.5. The van der Waals surface area contributed by atoms with Gasteiger partial charge in [-0.1, -0.05) is 13.0 Å². The monoisotopic (exact) mass is 218 g/mol. The second kappa shape index (κ2) is 3.62. The molecular formula is C14H18O2. The third kappa shape index (κ3) is 1.62. The van der Waals surface area contributed by atoms with Gasteiger partial charge in [0.2, 0.25) is 0 Å². The van der Waals surface area contributed by atoms with Crippen LogP contribution in [0.5, 0.6) is 5.75 Å². The van der Waals surface area contributed by atoms with Crippen LogP contribution in [0.15, 0.2) is 12.1 Å². The molecule has 0 atom stereocenters. The number of ether oxygens (including phenoxy) is 1. The van der Waals surface area contributed by atoms with E-state index in [-0.39, 0.29) is 11.2 Å². The first kappa shape index (κ1) is 11.2. The Bertz CT molecular complexity index is 442. The van der Waals surface area contributed by atoms with E-state index in [0.29, 0.717) is 0 Å². The van der Waals surface area contributed by atoms with Crippen LogP contribution in [0.1, 0.15) is 41.3 Å². The molecule has 0 N–H and O–H groups in total. The number of carbonyl (C=O) groups is 1. The normalized spacial score (nSPS) is 17.0. The van der Waals surface area contributed by atoms with Gasteiger partial charge in [-0.3, -0.25) is 4.79 Å². The fourth-order valence-electron chi connectivity index (χ4n) is 1.97. The van der Waals surface area contributed by atoms with E-state index in [2.05, 4.69) is 0 Å². The summed E-state index contributed by atoms with van der Waals surface area (Å²) < 4.78 is 5.38. The Labute approximate surface area is 96.6 Å². The minimum absolute atomic E-state index is 0.130. The number of carbonyl (C=O) groups excluding carboxylic acids is 1. The first-order valence-corrected chi connectivity index (χ1v) is 5.68. The first-order valence-electron chi connectivity index (χ1n) is 5.68. The van der Waals surface area contributed by atoms with Crippen molar-refractivity contribution in [1.29, 1.82) is 0 Å². The van der Waals surface area contributed by atoms with Gasteiger partial charge in [-0.2, -0.15) is 0 Å². The van der Waals surface area contributed by atoms with Gasteiger partial charge in [0, 0.05) is 5.41 Å². The molecule has 0 radical (unpaired) electrons. The van der Waals surface area contributed by atoms with E-state index in [9.17, 15) is 4.79 Å². The Hall–Kier alpha value is -1.31. The van der Waals surface area contributed by atoms with Gasteiger partial charge < -0.3 is 4.74 Å². The molecule has 0 bridgehead atoms. The first-order chi connectivity index (χ1) is 7.49. The number of Topliss-reactive ketones (excluding diaryl/α,β-unsaturated/α-hetero) is 1. The van der Waals surface area contributed by atoms with Crippen LogP contribution in [0.4, 0.5) is 0 Å². The molecular weight excluding hydrogens is 200 g/mol. The molecule has 1 aromatic rings. The molecule has 0 amide bonds. The fourth-order valence-corrected chi connectivity index (χ4v) is 1.97. The highest BCUT2D eigenvalue weighted by molar-refractivity contribution is 6.04. The van der Waals surface area contributed by atoms with Gasteiger partial charge in [-0.05, 0) is 43.9 Å². The van der Waals surface area contributed by atoms with Crippen LogP contribution >= 0.6 is 0 Å². The summed E-state index contributed by atoms with van der Waals surface area (Å²) in [4.78, 5) is 12.3. The van der Waals surface area contributed by atoms with Crippen LogP contribution in [0.3, 0.4) is 0 Å². The highest BCUT2D eigenvalue weighted by Gasteiger charge is 2.45. The predicted octanol–water partition coefficient (Wildman–Crippen LogP) is 3.29. The van der Waals surface area contributed by atoms with E-state index in [0.717, 1.165) is 35.3 Å². The topological polar surface area (TPSA) is 26.3 Å². The molecule has 0 spiro atoms. The van der Waals surface area contributed by atoms with Crippen LogP contribution < -0.4 is 4.74 Å². The van der Waals surface area contributed by atoms with Gasteiger partial charge in [0.15, 0.2) is 5.78 Å². The highest BCUT2D eigenvalue weighted by Crippen LogP contribution is 2.49. The molecule has 1 aromatic carbocycles. The summed E-state index contributed by atoms with van der Waals surface area (Å²) in [6.45, 7) is 6.06. The third-order valence-electron chi connectivity index (χ3n) is 3.67. The molecule has 2 nitrogen and oxygen atoms in total. The maximum Gasteiger partial charge on any atom is 0.172 e. The maximum atomic E-state index is 12.3. The summed E-state index contributed by atoms with van der Waals surface area (Å²) in [6, 6.07) is 3.89. The molecule has 2 heteroatoms. The van der Waals surface area contributed by atoms with Crippen molar-refractivity contribution in [3.63, 3.8) is 0 Å². The lowest BCUT2D eigenvalue weighted by Gasteiger charge is -2.15. The zero-order valence-corrected chi connectivity index (χ0v) is 10.4. The quantitative estimate of drug-likeness (QED) is 0.728. The Kier molecular flexibility index (Phi) is 2.53. The number of hydrogen-bond acceptors (Lipinski definition) is 2. The molecule has 0 aromatic heterocycles. The Morgan fingerprint density at radius 2 is 1.94 bits per heavy atom. The average molecular weight is 218 g/mol. The lowest BCUT2D eigenvalue weighted by molar-refractivity contribution is 0.0909. The van der Waals surface area contributed by atoms with Crippen molar-refractivity contribution in [2.45, 2.75) is 33.6 Å². The molecule has 2 rings (SSSR count). The number of benzene rings is 1. The lowest BCUT2D eigenvalue weighted by Crippen LogP contribution is -2.14. The van der Waals surface area contributed by atoms with Gasteiger partial charge in [0.1, 0.15) is 5.75 Å². The molecule has 0 heterocycles.